The average molecular weight is 348 g/mol. The predicted octanol–water partition coefficient (Wildman–Crippen LogP) is 3.40. The smallest absolute Gasteiger partial charge is 0.252 e. The molecule has 0 aliphatic heterocycles. The van der Waals surface area contributed by atoms with E-state index in [1.54, 1.807) is 12.1 Å². The third-order valence-electron chi connectivity index (χ3n) is 3.47. The third kappa shape index (κ3) is 5.26. The van der Waals surface area contributed by atoms with Crippen LogP contribution < -0.4 is 5.32 Å². The van der Waals surface area contributed by atoms with Crippen LogP contribution in [0.2, 0.25) is 0 Å². The van der Waals surface area contributed by atoms with E-state index in [0.717, 1.165) is 0 Å². The summed E-state index contributed by atoms with van der Waals surface area (Å²) in [4.78, 5) is 37.6. The second-order valence-corrected chi connectivity index (χ2v) is 5.72. The van der Waals surface area contributed by atoms with Crippen molar-refractivity contribution in [1.29, 1.82) is 0 Å². The Bertz CT molecular complexity index is 781. The minimum absolute atomic E-state index is 0. The molecule has 2 aromatic rings. The number of ketones is 2. The zero-order chi connectivity index (χ0) is 19.1. The van der Waals surface area contributed by atoms with Crippen LogP contribution in [0.4, 0.5) is 0 Å². The van der Waals surface area contributed by atoms with Gasteiger partial charge >= 0.3 is 0 Å². The molecular weight excluding hydrogens is 320 g/mol. The molecule has 0 atom stereocenters. The van der Waals surface area contributed by atoms with E-state index in [2.05, 4.69) is 5.32 Å². The summed E-state index contributed by atoms with van der Waals surface area (Å²) in [7, 11) is 3.82. The van der Waals surface area contributed by atoms with E-state index < -0.39 is 0 Å². The van der Waals surface area contributed by atoms with Crippen molar-refractivity contribution >= 4 is 28.4 Å². The zero-order valence-corrected chi connectivity index (χ0v) is 15.7. The second kappa shape index (κ2) is 9.13. The van der Waals surface area contributed by atoms with Crippen molar-refractivity contribution in [2.24, 2.45) is 0 Å². The van der Waals surface area contributed by atoms with Crippen LogP contribution >= 0.6 is 0 Å². The molecule has 138 valence electrons. The number of hydrogen-bond acceptors (Lipinski definition) is 5. The molecule has 0 saturated carbocycles. The molecule has 0 unspecified atom stereocenters. The summed E-state index contributed by atoms with van der Waals surface area (Å²) in [6.45, 7) is 7.97. The summed E-state index contributed by atoms with van der Waals surface area (Å²) in [6, 6.07) is 4.69. The maximum absolute atomic E-state index is 12.3. The lowest BCUT2D eigenvalue weighted by molar-refractivity contribution is 0.0936. The van der Waals surface area contributed by atoms with Gasteiger partial charge in [-0.2, -0.15) is 0 Å². The highest BCUT2D eigenvalue weighted by atomic mass is 16.3. The molecule has 0 saturated heterocycles. The van der Waals surface area contributed by atoms with Gasteiger partial charge in [-0.05, 0) is 39.2 Å². The average Bonchev–Trinajstić information content (AvgIpc) is 2.98. The number of carbonyl (C=O) groups is 3. The fourth-order valence-electron chi connectivity index (χ4n) is 2.23. The first kappa shape index (κ1) is 20.6. The van der Waals surface area contributed by atoms with Crippen LogP contribution in [0, 0.1) is 0 Å². The number of benzene rings is 1. The lowest BCUT2D eigenvalue weighted by Crippen LogP contribution is -2.32. The fraction of sp³-hybridized carbons (Fsp3) is 0.421. The highest BCUT2D eigenvalue weighted by Gasteiger charge is 2.18. The maximum atomic E-state index is 12.3. The number of hydrogen-bond donors (Lipinski definition) is 1. The number of likely N-dealkylation sites (N-methyl/N-ethyl adjacent to an activating group) is 1. The summed E-state index contributed by atoms with van der Waals surface area (Å²) >= 11 is 0. The first-order valence-electron chi connectivity index (χ1n) is 8.32. The SMILES string of the molecule is CC.CC(=O)c1cc2cc(C(C)=O)c(C(=O)NCCN(C)C)cc2o1.[HH]. The number of fused-ring (bicyclic) bond motifs is 1. The van der Waals surface area contributed by atoms with Crippen LogP contribution in [-0.4, -0.2) is 49.6 Å². The molecular formula is C19H28N2O4. The van der Waals surface area contributed by atoms with E-state index in [1.807, 2.05) is 32.8 Å². The van der Waals surface area contributed by atoms with Crippen LogP contribution in [-0.2, 0) is 0 Å². The van der Waals surface area contributed by atoms with E-state index in [9.17, 15) is 14.4 Å². The minimum Gasteiger partial charge on any atom is -0.453 e. The van der Waals surface area contributed by atoms with Crippen LogP contribution in [0.3, 0.4) is 0 Å². The van der Waals surface area contributed by atoms with Gasteiger partial charge in [0.25, 0.3) is 5.91 Å². The lowest BCUT2D eigenvalue weighted by Gasteiger charge is -2.12. The van der Waals surface area contributed by atoms with Crippen molar-refractivity contribution in [3.8, 4) is 0 Å². The van der Waals surface area contributed by atoms with E-state index in [-0.39, 0.29) is 30.2 Å². The monoisotopic (exact) mass is 348 g/mol. The molecule has 0 spiro atoms. The highest BCUT2D eigenvalue weighted by Crippen LogP contribution is 2.24. The molecule has 6 nitrogen and oxygen atoms in total. The second-order valence-electron chi connectivity index (χ2n) is 5.72. The Morgan fingerprint density at radius 3 is 2.20 bits per heavy atom. The first-order valence-corrected chi connectivity index (χ1v) is 8.32. The highest BCUT2D eigenvalue weighted by molar-refractivity contribution is 6.10. The van der Waals surface area contributed by atoms with Crippen LogP contribution in [0.1, 0.15) is 60.4 Å². The van der Waals surface area contributed by atoms with E-state index in [4.69, 9.17) is 4.42 Å². The first-order chi connectivity index (χ1) is 11.8. The van der Waals surface area contributed by atoms with Gasteiger partial charge in [0.1, 0.15) is 5.58 Å². The van der Waals surface area contributed by atoms with Gasteiger partial charge in [0.05, 0.1) is 5.56 Å². The van der Waals surface area contributed by atoms with Gasteiger partial charge in [0.2, 0.25) is 0 Å². The van der Waals surface area contributed by atoms with Gasteiger partial charge in [-0.25, -0.2) is 0 Å². The molecule has 25 heavy (non-hydrogen) atoms. The number of Topliss-reactive ketones (excluding diaryl/α,β-unsaturated/α-hetero) is 2. The summed E-state index contributed by atoms with van der Waals surface area (Å²) in [5.41, 5.74) is 0.988. The topological polar surface area (TPSA) is 79.6 Å². The molecule has 0 radical (unpaired) electrons. The normalized spacial score (nSPS) is 10.4. The van der Waals surface area contributed by atoms with Gasteiger partial charge in [-0.15, -0.1) is 0 Å². The number of rotatable bonds is 6. The summed E-state index contributed by atoms with van der Waals surface area (Å²) in [5.74, 6) is -0.544. The molecule has 1 N–H and O–H groups in total. The number of furan rings is 1. The van der Waals surface area contributed by atoms with Crippen LogP contribution in [0.15, 0.2) is 22.6 Å². The molecule has 0 aliphatic carbocycles. The number of nitrogens with one attached hydrogen (secondary N) is 1. The van der Waals surface area contributed by atoms with Crippen LogP contribution in [0.5, 0.6) is 0 Å². The largest absolute Gasteiger partial charge is 0.453 e. The van der Waals surface area contributed by atoms with E-state index in [0.29, 0.717) is 29.6 Å². The van der Waals surface area contributed by atoms with Crippen LogP contribution in [0.25, 0.3) is 11.0 Å². The summed E-state index contributed by atoms with van der Waals surface area (Å²) in [6.07, 6.45) is 0. The Balaban J connectivity index is 0.00000201. The van der Waals surface area contributed by atoms with E-state index >= 15 is 0 Å². The quantitative estimate of drug-likeness (QED) is 0.809. The Labute approximate surface area is 149 Å². The Morgan fingerprint density at radius 1 is 1.04 bits per heavy atom. The summed E-state index contributed by atoms with van der Waals surface area (Å²) < 4.78 is 5.45. The molecule has 0 aliphatic rings. The Kier molecular flexibility index (Phi) is 7.51. The molecule has 0 fully saturated rings. The molecule has 1 aromatic heterocycles. The standard InChI is InChI=1S/C17H20N2O4.C2H6.H2/c1-10(20)13-7-12-8-15(11(2)21)23-16(12)9-14(13)17(22)18-5-6-19(3)4;1-2;/h7-9H,5-6H2,1-4H3,(H,18,22);1-2H3;1H. The van der Waals surface area contributed by atoms with Crippen molar-refractivity contribution in [1.82, 2.24) is 10.2 Å². The number of nitrogens with zero attached hydrogens (tertiary/aromatic N) is 1. The lowest BCUT2D eigenvalue weighted by atomic mass is 10.0. The van der Waals surface area contributed by atoms with Crippen molar-refractivity contribution in [3.63, 3.8) is 0 Å². The van der Waals surface area contributed by atoms with Gasteiger partial charge in [0, 0.05) is 32.4 Å². The molecule has 1 heterocycles. The molecule has 1 aromatic carbocycles. The van der Waals surface area contributed by atoms with Crippen molar-refractivity contribution in [3.05, 3.63) is 35.1 Å². The molecule has 0 bridgehead atoms. The van der Waals surface area contributed by atoms with Gasteiger partial charge in [-0.1, -0.05) is 13.8 Å². The number of amides is 1. The zero-order valence-electron chi connectivity index (χ0n) is 15.7. The minimum atomic E-state index is -0.334. The fourth-order valence-corrected chi connectivity index (χ4v) is 2.23. The van der Waals surface area contributed by atoms with Gasteiger partial charge in [0.15, 0.2) is 17.3 Å². The third-order valence-corrected chi connectivity index (χ3v) is 3.47. The summed E-state index contributed by atoms with van der Waals surface area (Å²) in [5, 5.41) is 3.41. The Morgan fingerprint density at radius 2 is 1.68 bits per heavy atom. The molecule has 2 rings (SSSR count). The maximum Gasteiger partial charge on any atom is 0.252 e. The van der Waals surface area contributed by atoms with Crippen molar-refractivity contribution < 1.29 is 20.2 Å². The van der Waals surface area contributed by atoms with Crippen molar-refractivity contribution in [2.45, 2.75) is 27.7 Å². The van der Waals surface area contributed by atoms with Crippen molar-refractivity contribution in [2.75, 3.05) is 27.2 Å². The predicted molar refractivity (Wildman–Crippen MR) is 101 cm³/mol. The van der Waals surface area contributed by atoms with E-state index in [1.165, 1.54) is 19.9 Å². The Hall–Kier alpha value is -2.47. The number of carbonyl (C=O) groups excluding carboxylic acids is 3. The molecule has 6 heteroatoms. The van der Waals surface area contributed by atoms with Gasteiger partial charge in [-0.3, -0.25) is 14.4 Å². The molecule has 1 amide bonds. The van der Waals surface area contributed by atoms with Gasteiger partial charge < -0.3 is 14.6 Å².